The van der Waals surface area contributed by atoms with Crippen LogP contribution in [-0.2, 0) is 16.0 Å². The summed E-state index contributed by atoms with van der Waals surface area (Å²) in [6.45, 7) is 4.53. The first kappa shape index (κ1) is 15.0. The average molecular weight is 290 g/mol. The van der Waals surface area contributed by atoms with Gasteiger partial charge >= 0.3 is 0 Å². The number of rotatable bonds is 6. The molecule has 2 heterocycles. The summed E-state index contributed by atoms with van der Waals surface area (Å²) in [5.74, 6) is 0. The molecular weight excluding hydrogens is 264 g/mol. The number of ether oxygens (including phenoxy) is 2. The van der Waals surface area contributed by atoms with Gasteiger partial charge in [0.05, 0.1) is 24.9 Å². The third kappa shape index (κ3) is 4.27. The van der Waals surface area contributed by atoms with Crippen LogP contribution in [0, 0.1) is 0 Å². The van der Waals surface area contributed by atoms with E-state index >= 15 is 0 Å². The van der Waals surface area contributed by atoms with Crippen LogP contribution in [0.4, 0.5) is 0 Å². The predicted molar refractivity (Wildman–Crippen MR) is 83.0 cm³/mol. The molecule has 3 atom stereocenters. The number of hydrogen-bond acceptors (Lipinski definition) is 4. The molecule has 0 spiro atoms. The van der Waals surface area contributed by atoms with E-state index < -0.39 is 0 Å². The van der Waals surface area contributed by atoms with Gasteiger partial charge in [0.1, 0.15) is 0 Å². The summed E-state index contributed by atoms with van der Waals surface area (Å²) in [5, 5.41) is 0. The monoisotopic (exact) mass is 290 g/mol. The van der Waals surface area contributed by atoms with Crippen molar-refractivity contribution in [3.05, 3.63) is 35.9 Å². The van der Waals surface area contributed by atoms with Gasteiger partial charge in [0, 0.05) is 26.2 Å². The van der Waals surface area contributed by atoms with E-state index in [0.717, 1.165) is 45.5 Å². The number of likely N-dealkylation sites (tertiary alicyclic amines) is 1. The molecule has 1 aromatic rings. The van der Waals surface area contributed by atoms with Crippen LogP contribution in [-0.4, -0.2) is 49.5 Å². The van der Waals surface area contributed by atoms with E-state index in [9.17, 15) is 0 Å². The second-order valence-corrected chi connectivity index (χ2v) is 6.16. The fourth-order valence-electron chi connectivity index (χ4n) is 3.24. The van der Waals surface area contributed by atoms with E-state index in [1.165, 1.54) is 5.56 Å². The topological polar surface area (TPSA) is 47.7 Å². The first-order valence-corrected chi connectivity index (χ1v) is 8.07. The van der Waals surface area contributed by atoms with Crippen molar-refractivity contribution in [1.29, 1.82) is 0 Å². The first-order chi connectivity index (χ1) is 10.3. The van der Waals surface area contributed by atoms with E-state index in [0.29, 0.717) is 12.6 Å². The average Bonchev–Trinajstić information content (AvgIpc) is 3.15. The van der Waals surface area contributed by atoms with Crippen molar-refractivity contribution >= 4 is 0 Å². The molecule has 0 radical (unpaired) electrons. The second-order valence-electron chi connectivity index (χ2n) is 6.16. The van der Waals surface area contributed by atoms with Gasteiger partial charge in [-0.25, -0.2) is 0 Å². The maximum atomic E-state index is 6.04. The second kappa shape index (κ2) is 7.36. The van der Waals surface area contributed by atoms with E-state index in [1.54, 1.807) is 0 Å². The molecule has 1 aromatic carbocycles. The molecule has 21 heavy (non-hydrogen) atoms. The highest BCUT2D eigenvalue weighted by molar-refractivity contribution is 5.14. The molecule has 2 fully saturated rings. The summed E-state index contributed by atoms with van der Waals surface area (Å²) in [6, 6.07) is 10.6. The lowest BCUT2D eigenvalue weighted by Crippen LogP contribution is -2.27. The van der Waals surface area contributed by atoms with Gasteiger partial charge in [-0.05, 0) is 24.8 Å². The van der Waals surface area contributed by atoms with Gasteiger partial charge in [-0.1, -0.05) is 30.3 Å². The highest BCUT2D eigenvalue weighted by Gasteiger charge is 2.27. The molecule has 2 saturated heterocycles. The van der Waals surface area contributed by atoms with E-state index in [-0.39, 0.29) is 12.2 Å². The van der Waals surface area contributed by atoms with Crippen LogP contribution in [0.1, 0.15) is 24.8 Å². The fourth-order valence-corrected chi connectivity index (χ4v) is 3.24. The Morgan fingerprint density at radius 1 is 1.14 bits per heavy atom. The Labute approximate surface area is 127 Å². The standard InChI is InChI=1S/C17H26N2O2/c18-10-15-6-7-17(21-15)13-20-16-8-9-19(12-16)11-14-4-2-1-3-5-14/h1-5,15-17H,6-13,18H2. The molecule has 3 rings (SSSR count). The summed E-state index contributed by atoms with van der Waals surface area (Å²) < 4.78 is 11.9. The minimum Gasteiger partial charge on any atom is -0.374 e. The minimum atomic E-state index is 0.247. The van der Waals surface area contributed by atoms with E-state index in [2.05, 4.69) is 35.2 Å². The van der Waals surface area contributed by atoms with Gasteiger partial charge < -0.3 is 15.2 Å². The lowest BCUT2D eigenvalue weighted by Gasteiger charge is -2.18. The summed E-state index contributed by atoms with van der Waals surface area (Å²) in [5.41, 5.74) is 7.01. The van der Waals surface area contributed by atoms with Crippen molar-refractivity contribution in [2.75, 3.05) is 26.2 Å². The summed E-state index contributed by atoms with van der Waals surface area (Å²) in [6.07, 6.45) is 4.14. The van der Waals surface area contributed by atoms with Crippen LogP contribution in [0.3, 0.4) is 0 Å². The third-order valence-electron chi connectivity index (χ3n) is 4.45. The van der Waals surface area contributed by atoms with Gasteiger partial charge in [-0.3, -0.25) is 4.90 Å². The Hall–Kier alpha value is -0.940. The van der Waals surface area contributed by atoms with Crippen LogP contribution < -0.4 is 5.73 Å². The first-order valence-electron chi connectivity index (χ1n) is 8.07. The number of benzene rings is 1. The van der Waals surface area contributed by atoms with Gasteiger partial charge in [-0.15, -0.1) is 0 Å². The molecule has 4 heteroatoms. The van der Waals surface area contributed by atoms with Crippen molar-refractivity contribution in [3.63, 3.8) is 0 Å². The lowest BCUT2D eigenvalue weighted by atomic mass is 10.2. The number of nitrogens with two attached hydrogens (primary N) is 1. The van der Waals surface area contributed by atoms with Crippen LogP contribution in [0.15, 0.2) is 30.3 Å². The zero-order chi connectivity index (χ0) is 14.5. The third-order valence-corrected chi connectivity index (χ3v) is 4.45. The van der Waals surface area contributed by atoms with Crippen molar-refractivity contribution in [2.24, 2.45) is 5.73 Å². The Bertz CT molecular complexity index is 426. The Balaban J connectivity index is 1.37. The Morgan fingerprint density at radius 2 is 1.95 bits per heavy atom. The predicted octanol–water partition coefficient (Wildman–Crippen LogP) is 1.78. The zero-order valence-corrected chi connectivity index (χ0v) is 12.6. The summed E-state index contributed by atoms with van der Waals surface area (Å²) >= 11 is 0. The molecule has 3 unspecified atom stereocenters. The Kier molecular flexibility index (Phi) is 5.25. The van der Waals surface area contributed by atoms with Crippen molar-refractivity contribution in [1.82, 2.24) is 4.90 Å². The zero-order valence-electron chi connectivity index (χ0n) is 12.6. The van der Waals surface area contributed by atoms with E-state index in [4.69, 9.17) is 15.2 Å². The Morgan fingerprint density at radius 3 is 2.71 bits per heavy atom. The highest BCUT2D eigenvalue weighted by Crippen LogP contribution is 2.21. The van der Waals surface area contributed by atoms with Crippen molar-refractivity contribution < 1.29 is 9.47 Å². The molecule has 2 aliphatic rings. The molecule has 2 N–H and O–H groups in total. The SMILES string of the molecule is NCC1CCC(COC2CCN(Cc3ccccc3)C2)O1. The normalized spacial score (nSPS) is 30.0. The molecule has 0 aromatic heterocycles. The number of nitrogens with zero attached hydrogens (tertiary/aromatic N) is 1. The van der Waals surface area contributed by atoms with Crippen LogP contribution in [0.25, 0.3) is 0 Å². The molecule has 0 aliphatic carbocycles. The molecule has 116 valence electrons. The van der Waals surface area contributed by atoms with Gasteiger partial charge in [-0.2, -0.15) is 0 Å². The molecule has 0 bridgehead atoms. The van der Waals surface area contributed by atoms with Crippen LogP contribution in [0.5, 0.6) is 0 Å². The molecular formula is C17H26N2O2. The van der Waals surface area contributed by atoms with Crippen LogP contribution >= 0.6 is 0 Å². The van der Waals surface area contributed by atoms with Gasteiger partial charge in [0.25, 0.3) is 0 Å². The molecule has 2 aliphatic heterocycles. The van der Waals surface area contributed by atoms with Crippen molar-refractivity contribution in [2.45, 2.75) is 44.1 Å². The molecule has 0 saturated carbocycles. The summed E-state index contributed by atoms with van der Waals surface area (Å²) in [4.78, 5) is 2.47. The van der Waals surface area contributed by atoms with Gasteiger partial charge in [0.15, 0.2) is 0 Å². The van der Waals surface area contributed by atoms with Crippen molar-refractivity contribution in [3.8, 4) is 0 Å². The molecule has 0 amide bonds. The lowest BCUT2D eigenvalue weighted by molar-refractivity contribution is -0.0364. The summed E-state index contributed by atoms with van der Waals surface area (Å²) in [7, 11) is 0. The quantitative estimate of drug-likeness (QED) is 0.867. The van der Waals surface area contributed by atoms with Crippen LogP contribution in [0.2, 0.25) is 0 Å². The largest absolute Gasteiger partial charge is 0.374 e. The fraction of sp³-hybridized carbons (Fsp3) is 0.647. The smallest absolute Gasteiger partial charge is 0.0814 e. The number of hydrogen-bond donors (Lipinski definition) is 1. The maximum Gasteiger partial charge on any atom is 0.0814 e. The maximum absolute atomic E-state index is 6.04. The van der Waals surface area contributed by atoms with E-state index in [1.807, 2.05) is 0 Å². The highest BCUT2D eigenvalue weighted by atomic mass is 16.5. The van der Waals surface area contributed by atoms with Gasteiger partial charge in [0.2, 0.25) is 0 Å². The molecule has 4 nitrogen and oxygen atoms in total. The minimum absolute atomic E-state index is 0.247.